The summed E-state index contributed by atoms with van der Waals surface area (Å²) in [5.41, 5.74) is 6.61. The Morgan fingerprint density at radius 3 is 2.83 bits per heavy atom. The second-order valence-electron chi connectivity index (χ2n) is 5.04. The lowest BCUT2D eigenvalue weighted by Gasteiger charge is -2.27. The molecule has 1 heterocycles. The lowest BCUT2D eigenvalue weighted by molar-refractivity contribution is 0.306. The minimum absolute atomic E-state index is 0.312. The fourth-order valence-electron chi connectivity index (χ4n) is 2.63. The van der Waals surface area contributed by atoms with Crippen LogP contribution in [0.1, 0.15) is 44.7 Å². The first-order valence-electron chi connectivity index (χ1n) is 6.52. The van der Waals surface area contributed by atoms with E-state index in [-0.39, 0.29) is 0 Å². The van der Waals surface area contributed by atoms with Crippen LogP contribution in [0.5, 0.6) is 0 Å². The van der Waals surface area contributed by atoms with Crippen molar-refractivity contribution in [2.24, 2.45) is 11.1 Å². The van der Waals surface area contributed by atoms with Crippen LogP contribution in [-0.4, -0.2) is 21.5 Å². The Labute approximate surface area is 113 Å². The van der Waals surface area contributed by atoms with Crippen LogP contribution >= 0.6 is 12.2 Å². The molecule has 0 aromatic carbocycles. The Morgan fingerprint density at radius 1 is 1.50 bits per heavy atom. The highest BCUT2D eigenvalue weighted by molar-refractivity contribution is 7.80. The summed E-state index contributed by atoms with van der Waals surface area (Å²) in [7, 11) is 0. The van der Waals surface area contributed by atoms with Crippen molar-refractivity contribution in [3.8, 4) is 0 Å². The highest BCUT2D eigenvalue weighted by Gasteiger charge is 2.31. The van der Waals surface area contributed by atoms with Crippen LogP contribution in [0.4, 0.5) is 5.95 Å². The van der Waals surface area contributed by atoms with Crippen LogP contribution in [0, 0.1) is 5.41 Å². The first-order valence-corrected chi connectivity index (χ1v) is 6.93. The van der Waals surface area contributed by atoms with E-state index in [1.165, 1.54) is 32.1 Å². The Hall–Kier alpha value is -1.23. The number of nitrogens with two attached hydrogens (primary N) is 1. The fraction of sp³-hybridized carbons (Fsp3) is 0.615. The van der Waals surface area contributed by atoms with Crippen LogP contribution in [0.3, 0.4) is 0 Å². The van der Waals surface area contributed by atoms with Crippen LogP contribution in [0.25, 0.3) is 0 Å². The van der Waals surface area contributed by atoms with E-state index < -0.39 is 0 Å². The molecule has 1 aromatic rings. The van der Waals surface area contributed by atoms with E-state index in [4.69, 9.17) is 18.0 Å². The van der Waals surface area contributed by atoms with Crippen LogP contribution in [-0.2, 0) is 0 Å². The first kappa shape index (κ1) is 13.2. The standard InChI is InChI=1S/C13H20N4S/c1-2-13(6-3-4-7-13)9-16-12-15-8-5-10(17-12)11(14)18/h5,8H,2-4,6-7,9H2,1H3,(H2,14,18)(H,15,16,17). The van der Waals surface area contributed by atoms with Gasteiger partial charge in [0.05, 0.1) is 0 Å². The second-order valence-corrected chi connectivity index (χ2v) is 5.48. The first-order chi connectivity index (χ1) is 8.65. The third-order valence-electron chi connectivity index (χ3n) is 3.94. The number of aromatic nitrogens is 2. The smallest absolute Gasteiger partial charge is 0.223 e. The molecule has 1 aliphatic carbocycles. The molecular formula is C13H20N4S. The van der Waals surface area contributed by atoms with Crippen molar-refractivity contribution >= 4 is 23.2 Å². The van der Waals surface area contributed by atoms with Gasteiger partial charge in [0.1, 0.15) is 10.7 Å². The van der Waals surface area contributed by atoms with E-state index in [0.717, 1.165) is 6.54 Å². The van der Waals surface area contributed by atoms with Gasteiger partial charge in [-0.15, -0.1) is 0 Å². The maximum Gasteiger partial charge on any atom is 0.223 e. The normalized spacial score (nSPS) is 17.6. The third kappa shape index (κ3) is 2.96. The molecule has 98 valence electrons. The van der Waals surface area contributed by atoms with E-state index in [9.17, 15) is 0 Å². The van der Waals surface area contributed by atoms with E-state index >= 15 is 0 Å². The summed E-state index contributed by atoms with van der Waals surface area (Å²) in [6.07, 6.45) is 8.16. The van der Waals surface area contributed by atoms with Crippen molar-refractivity contribution in [1.29, 1.82) is 0 Å². The molecule has 0 amide bonds. The van der Waals surface area contributed by atoms with Gasteiger partial charge in [-0.3, -0.25) is 0 Å². The summed E-state index contributed by atoms with van der Waals surface area (Å²) in [4.78, 5) is 8.83. The van der Waals surface area contributed by atoms with E-state index in [1.54, 1.807) is 12.3 Å². The molecule has 18 heavy (non-hydrogen) atoms. The molecule has 1 saturated carbocycles. The molecule has 1 aromatic heterocycles. The predicted molar refractivity (Wildman–Crippen MR) is 77.6 cm³/mol. The van der Waals surface area contributed by atoms with Gasteiger partial charge in [-0.1, -0.05) is 32.0 Å². The topological polar surface area (TPSA) is 63.8 Å². The minimum atomic E-state index is 0.312. The maximum atomic E-state index is 5.57. The van der Waals surface area contributed by atoms with Gasteiger partial charge in [0.25, 0.3) is 0 Å². The van der Waals surface area contributed by atoms with Crippen molar-refractivity contribution < 1.29 is 0 Å². The summed E-state index contributed by atoms with van der Waals surface area (Å²) in [6, 6.07) is 1.73. The van der Waals surface area contributed by atoms with Gasteiger partial charge in [0.15, 0.2) is 0 Å². The molecule has 5 heteroatoms. The van der Waals surface area contributed by atoms with Crippen molar-refractivity contribution in [2.45, 2.75) is 39.0 Å². The molecule has 0 bridgehead atoms. The Kier molecular flexibility index (Phi) is 4.11. The van der Waals surface area contributed by atoms with Gasteiger partial charge in [-0.05, 0) is 30.7 Å². The van der Waals surface area contributed by atoms with Gasteiger partial charge in [0.2, 0.25) is 5.95 Å². The number of hydrogen-bond acceptors (Lipinski definition) is 4. The lowest BCUT2D eigenvalue weighted by atomic mass is 9.83. The molecule has 1 fully saturated rings. The number of rotatable bonds is 5. The Balaban J connectivity index is 2.01. The van der Waals surface area contributed by atoms with Crippen LogP contribution < -0.4 is 11.1 Å². The number of thiocarbonyl (C=S) groups is 1. The zero-order valence-corrected chi connectivity index (χ0v) is 11.6. The molecule has 3 N–H and O–H groups in total. The largest absolute Gasteiger partial charge is 0.388 e. The quantitative estimate of drug-likeness (QED) is 0.800. The average Bonchev–Trinajstić information content (AvgIpc) is 2.86. The molecule has 0 atom stereocenters. The van der Waals surface area contributed by atoms with Gasteiger partial charge in [-0.2, -0.15) is 0 Å². The van der Waals surface area contributed by atoms with Crippen molar-refractivity contribution in [3.63, 3.8) is 0 Å². The summed E-state index contributed by atoms with van der Waals surface area (Å²) < 4.78 is 0. The summed E-state index contributed by atoms with van der Waals surface area (Å²) in [5, 5.41) is 3.34. The van der Waals surface area contributed by atoms with E-state index in [1.807, 2.05) is 0 Å². The molecule has 0 unspecified atom stereocenters. The maximum absolute atomic E-state index is 5.57. The van der Waals surface area contributed by atoms with Gasteiger partial charge in [-0.25, -0.2) is 9.97 Å². The molecule has 0 spiro atoms. The van der Waals surface area contributed by atoms with Gasteiger partial charge < -0.3 is 11.1 Å². The number of nitrogens with zero attached hydrogens (tertiary/aromatic N) is 2. The fourth-order valence-corrected chi connectivity index (χ4v) is 2.74. The molecule has 1 aliphatic rings. The Morgan fingerprint density at radius 2 is 2.22 bits per heavy atom. The SMILES string of the molecule is CCC1(CNc2nccc(C(N)=S)n2)CCCC1. The van der Waals surface area contributed by atoms with Crippen molar-refractivity contribution in [2.75, 3.05) is 11.9 Å². The zero-order chi connectivity index (χ0) is 13.0. The van der Waals surface area contributed by atoms with Gasteiger partial charge >= 0.3 is 0 Å². The molecule has 2 rings (SSSR count). The predicted octanol–water partition coefficient (Wildman–Crippen LogP) is 2.49. The zero-order valence-electron chi connectivity index (χ0n) is 10.8. The van der Waals surface area contributed by atoms with Crippen molar-refractivity contribution in [1.82, 2.24) is 9.97 Å². The van der Waals surface area contributed by atoms with E-state index in [2.05, 4.69) is 22.2 Å². The lowest BCUT2D eigenvalue weighted by Crippen LogP contribution is -2.27. The third-order valence-corrected chi connectivity index (χ3v) is 4.15. The molecule has 0 saturated heterocycles. The number of hydrogen-bond donors (Lipinski definition) is 2. The number of nitrogens with one attached hydrogen (secondary N) is 1. The highest BCUT2D eigenvalue weighted by Crippen LogP contribution is 2.40. The summed E-state index contributed by atoms with van der Waals surface area (Å²) in [5.74, 6) is 0.625. The van der Waals surface area contributed by atoms with Crippen molar-refractivity contribution in [3.05, 3.63) is 18.0 Å². The monoisotopic (exact) mass is 264 g/mol. The summed E-state index contributed by atoms with van der Waals surface area (Å²) >= 11 is 4.92. The molecule has 4 nitrogen and oxygen atoms in total. The summed E-state index contributed by atoms with van der Waals surface area (Å²) in [6.45, 7) is 3.20. The highest BCUT2D eigenvalue weighted by atomic mass is 32.1. The van der Waals surface area contributed by atoms with Crippen LogP contribution in [0.15, 0.2) is 12.3 Å². The number of anilines is 1. The minimum Gasteiger partial charge on any atom is -0.388 e. The van der Waals surface area contributed by atoms with Crippen LogP contribution in [0.2, 0.25) is 0 Å². The van der Waals surface area contributed by atoms with Gasteiger partial charge in [0, 0.05) is 12.7 Å². The van der Waals surface area contributed by atoms with E-state index in [0.29, 0.717) is 22.0 Å². The molecule has 0 aliphatic heterocycles. The molecule has 0 radical (unpaired) electrons. The molecular weight excluding hydrogens is 244 g/mol. The Bertz CT molecular complexity index is 427. The average molecular weight is 264 g/mol. The second kappa shape index (κ2) is 5.61.